The minimum atomic E-state index is -0.245. The summed E-state index contributed by atoms with van der Waals surface area (Å²) < 4.78 is 0. The van der Waals surface area contributed by atoms with Crippen LogP contribution in [0.2, 0.25) is 0 Å². The molecule has 0 bridgehead atoms. The molecular weight excluding hydrogens is 228 g/mol. The van der Waals surface area contributed by atoms with Crippen molar-refractivity contribution in [1.29, 1.82) is 0 Å². The maximum atomic E-state index is 11.6. The van der Waals surface area contributed by atoms with Gasteiger partial charge in [0.15, 0.2) is 0 Å². The maximum absolute atomic E-state index is 11.6. The minimum Gasteiger partial charge on any atom is -0.302 e. The SMILES string of the molecule is CC/C=C(/CNC1CCC(=O)NC1=O)C(C)(C)C. The third-order valence-electron chi connectivity index (χ3n) is 3.19. The Morgan fingerprint density at radius 1 is 1.44 bits per heavy atom. The Bertz CT molecular complexity index is 353. The summed E-state index contributed by atoms with van der Waals surface area (Å²) >= 11 is 0. The summed E-state index contributed by atoms with van der Waals surface area (Å²) in [4.78, 5) is 22.7. The zero-order valence-electron chi connectivity index (χ0n) is 11.8. The molecule has 2 N–H and O–H groups in total. The van der Waals surface area contributed by atoms with E-state index in [9.17, 15) is 9.59 Å². The van der Waals surface area contributed by atoms with Crippen LogP contribution in [0.5, 0.6) is 0 Å². The van der Waals surface area contributed by atoms with Crippen LogP contribution in [0.4, 0.5) is 0 Å². The average molecular weight is 252 g/mol. The number of nitrogens with one attached hydrogen (secondary N) is 2. The summed E-state index contributed by atoms with van der Waals surface area (Å²) in [5.74, 6) is -0.366. The number of amides is 2. The lowest BCUT2D eigenvalue weighted by molar-refractivity contribution is -0.134. The minimum absolute atomic E-state index is 0.101. The smallest absolute Gasteiger partial charge is 0.243 e. The van der Waals surface area contributed by atoms with Gasteiger partial charge >= 0.3 is 0 Å². The van der Waals surface area contributed by atoms with Crippen LogP contribution in [0, 0.1) is 5.41 Å². The fraction of sp³-hybridized carbons (Fsp3) is 0.714. The van der Waals surface area contributed by atoms with Crippen LogP contribution >= 0.6 is 0 Å². The van der Waals surface area contributed by atoms with Crippen LogP contribution in [0.3, 0.4) is 0 Å². The molecule has 0 aromatic rings. The fourth-order valence-electron chi connectivity index (χ4n) is 2.01. The van der Waals surface area contributed by atoms with E-state index in [-0.39, 0.29) is 23.3 Å². The Hall–Kier alpha value is -1.16. The third kappa shape index (κ3) is 4.26. The standard InChI is InChI=1S/C14H24N2O2/c1-5-6-10(14(2,3)4)9-15-11-7-8-12(17)16-13(11)18/h6,11,15H,5,7-9H2,1-4H3,(H,16,17,18)/b10-6-. The van der Waals surface area contributed by atoms with Gasteiger partial charge in [-0.25, -0.2) is 0 Å². The Balaban J connectivity index is 2.56. The van der Waals surface area contributed by atoms with E-state index in [1.807, 2.05) is 0 Å². The maximum Gasteiger partial charge on any atom is 0.243 e. The van der Waals surface area contributed by atoms with Gasteiger partial charge < -0.3 is 5.32 Å². The Morgan fingerprint density at radius 3 is 2.61 bits per heavy atom. The predicted octanol–water partition coefficient (Wildman–Crippen LogP) is 1.76. The second-order valence-electron chi connectivity index (χ2n) is 5.77. The number of carbonyl (C=O) groups is 2. The zero-order valence-corrected chi connectivity index (χ0v) is 11.8. The van der Waals surface area contributed by atoms with Crippen molar-refractivity contribution < 1.29 is 9.59 Å². The summed E-state index contributed by atoms with van der Waals surface area (Å²) in [7, 11) is 0. The van der Waals surface area contributed by atoms with Crippen molar-refractivity contribution in [2.75, 3.05) is 6.54 Å². The molecule has 102 valence electrons. The van der Waals surface area contributed by atoms with Gasteiger partial charge in [0, 0.05) is 13.0 Å². The summed E-state index contributed by atoms with van der Waals surface area (Å²) in [6.45, 7) is 9.31. The van der Waals surface area contributed by atoms with Crippen LogP contribution < -0.4 is 10.6 Å². The first-order valence-corrected chi connectivity index (χ1v) is 6.61. The number of rotatable bonds is 4. The second kappa shape index (κ2) is 6.14. The Kier molecular flexibility index (Phi) is 5.08. The van der Waals surface area contributed by atoms with Crippen LogP contribution in [-0.2, 0) is 9.59 Å². The van der Waals surface area contributed by atoms with Crippen LogP contribution in [0.15, 0.2) is 11.6 Å². The van der Waals surface area contributed by atoms with E-state index in [0.29, 0.717) is 19.4 Å². The number of piperidine rings is 1. The van der Waals surface area contributed by atoms with Gasteiger partial charge in [-0.15, -0.1) is 0 Å². The number of carbonyl (C=O) groups excluding carboxylic acids is 2. The summed E-state index contributed by atoms with van der Waals surface area (Å²) in [5, 5.41) is 5.61. The van der Waals surface area contributed by atoms with Crippen molar-refractivity contribution in [2.24, 2.45) is 5.41 Å². The van der Waals surface area contributed by atoms with Gasteiger partial charge in [-0.2, -0.15) is 0 Å². The zero-order chi connectivity index (χ0) is 13.8. The second-order valence-corrected chi connectivity index (χ2v) is 5.77. The highest BCUT2D eigenvalue weighted by Crippen LogP contribution is 2.25. The molecule has 1 heterocycles. The molecule has 0 spiro atoms. The van der Waals surface area contributed by atoms with E-state index in [1.54, 1.807) is 0 Å². The molecule has 1 aliphatic heterocycles. The molecule has 0 aromatic heterocycles. The number of imide groups is 1. The van der Waals surface area contributed by atoms with Gasteiger partial charge in [0.25, 0.3) is 0 Å². The molecule has 1 aliphatic rings. The first-order chi connectivity index (χ1) is 8.34. The fourth-order valence-corrected chi connectivity index (χ4v) is 2.01. The molecule has 4 nitrogen and oxygen atoms in total. The van der Waals surface area contributed by atoms with Crippen LogP contribution in [0.1, 0.15) is 47.0 Å². The molecular formula is C14H24N2O2. The molecule has 1 rings (SSSR count). The quantitative estimate of drug-likeness (QED) is 0.592. The number of hydrogen-bond acceptors (Lipinski definition) is 3. The highest BCUT2D eigenvalue weighted by molar-refractivity contribution is 6.00. The van der Waals surface area contributed by atoms with Gasteiger partial charge in [0.1, 0.15) is 0 Å². The third-order valence-corrected chi connectivity index (χ3v) is 3.19. The van der Waals surface area contributed by atoms with Crippen molar-refractivity contribution >= 4 is 11.8 Å². The lowest BCUT2D eigenvalue weighted by Crippen LogP contribution is -2.51. The number of allylic oxidation sites excluding steroid dienone is 1. The number of hydrogen-bond donors (Lipinski definition) is 2. The molecule has 18 heavy (non-hydrogen) atoms. The first kappa shape index (κ1) is 14.9. The van der Waals surface area contributed by atoms with Gasteiger partial charge in [0.05, 0.1) is 6.04 Å². The van der Waals surface area contributed by atoms with E-state index in [1.165, 1.54) is 5.57 Å². The van der Waals surface area contributed by atoms with Crippen LogP contribution in [-0.4, -0.2) is 24.4 Å². The highest BCUT2D eigenvalue weighted by Gasteiger charge is 2.27. The van der Waals surface area contributed by atoms with Crippen molar-refractivity contribution in [2.45, 2.75) is 53.0 Å². The summed E-state index contributed by atoms with van der Waals surface area (Å²) in [6, 6.07) is -0.245. The molecule has 1 fully saturated rings. The molecule has 0 saturated carbocycles. The average Bonchev–Trinajstić information content (AvgIpc) is 2.24. The molecule has 4 heteroatoms. The monoisotopic (exact) mass is 252 g/mol. The molecule has 0 aliphatic carbocycles. The van der Waals surface area contributed by atoms with E-state index in [0.717, 1.165) is 6.42 Å². The van der Waals surface area contributed by atoms with Gasteiger partial charge in [-0.3, -0.25) is 14.9 Å². The van der Waals surface area contributed by atoms with Gasteiger partial charge in [-0.05, 0) is 18.3 Å². The van der Waals surface area contributed by atoms with E-state index >= 15 is 0 Å². The first-order valence-electron chi connectivity index (χ1n) is 6.61. The van der Waals surface area contributed by atoms with E-state index in [4.69, 9.17) is 0 Å². The van der Waals surface area contributed by atoms with Gasteiger partial charge in [0.2, 0.25) is 11.8 Å². The van der Waals surface area contributed by atoms with Crippen molar-refractivity contribution in [3.63, 3.8) is 0 Å². The van der Waals surface area contributed by atoms with E-state index in [2.05, 4.69) is 44.4 Å². The normalized spacial score (nSPS) is 22.0. The molecule has 0 radical (unpaired) electrons. The largest absolute Gasteiger partial charge is 0.302 e. The van der Waals surface area contributed by atoms with Gasteiger partial charge in [-0.1, -0.05) is 39.3 Å². The van der Waals surface area contributed by atoms with E-state index < -0.39 is 0 Å². The Labute approximate surface area is 109 Å². The van der Waals surface area contributed by atoms with Crippen LogP contribution in [0.25, 0.3) is 0 Å². The van der Waals surface area contributed by atoms with Crippen molar-refractivity contribution in [1.82, 2.24) is 10.6 Å². The topological polar surface area (TPSA) is 58.2 Å². The highest BCUT2D eigenvalue weighted by atomic mass is 16.2. The molecule has 2 amide bonds. The molecule has 0 aromatic carbocycles. The summed E-state index contributed by atoms with van der Waals surface area (Å²) in [5.41, 5.74) is 1.40. The Morgan fingerprint density at radius 2 is 2.11 bits per heavy atom. The summed E-state index contributed by atoms with van der Waals surface area (Å²) in [6.07, 6.45) is 4.21. The molecule has 1 saturated heterocycles. The molecule has 1 atom stereocenters. The predicted molar refractivity (Wildman–Crippen MR) is 72.0 cm³/mol. The lowest BCUT2D eigenvalue weighted by Gasteiger charge is -2.27. The van der Waals surface area contributed by atoms with Crippen molar-refractivity contribution in [3.05, 3.63) is 11.6 Å². The van der Waals surface area contributed by atoms with Crippen molar-refractivity contribution in [3.8, 4) is 0 Å². The molecule has 1 unspecified atom stereocenters. The lowest BCUT2D eigenvalue weighted by atomic mass is 9.85.